The first-order chi connectivity index (χ1) is 13.2. The zero-order valence-electron chi connectivity index (χ0n) is 15.2. The second kappa shape index (κ2) is 7.69. The smallest absolute Gasteiger partial charge is 0.233 e. The number of benzene rings is 1. The van der Waals surface area contributed by atoms with Crippen LogP contribution >= 0.6 is 0 Å². The van der Waals surface area contributed by atoms with E-state index < -0.39 is 0 Å². The molecule has 3 heterocycles. The molecule has 1 atom stereocenters. The standard InChI is InChI=1S/C19H22FN7/c1-2-4-15-11-17(26-25-15)23-18-21-12-22-19(24-18)27-10-3-5-16(27)13-6-8-14(20)9-7-13/h6-9,11-12,16H,2-5,10H2,1H3,(H2,21,22,23,24,25,26). The van der Waals surface area contributed by atoms with Crippen LogP contribution in [0, 0.1) is 5.82 Å². The highest BCUT2D eigenvalue weighted by atomic mass is 19.1. The number of rotatable bonds is 6. The summed E-state index contributed by atoms with van der Waals surface area (Å²) >= 11 is 0. The number of aryl methyl sites for hydroxylation is 1. The van der Waals surface area contributed by atoms with E-state index in [4.69, 9.17) is 0 Å². The molecule has 0 spiro atoms. The van der Waals surface area contributed by atoms with Gasteiger partial charge in [-0.15, -0.1) is 0 Å². The Kier molecular flexibility index (Phi) is 4.95. The molecule has 0 aliphatic carbocycles. The molecule has 2 aromatic heterocycles. The molecule has 0 saturated carbocycles. The molecule has 1 saturated heterocycles. The van der Waals surface area contributed by atoms with Gasteiger partial charge in [-0.05, 0) is 37.0 Å². The SMILES string of the molecule is CCCc1cc(Nc2ncnc(N3CCCC3c3ccc(F)cc3)n2)n[nH]1. The predicted octanol–water partition coefficient (Wildman–Crippen LogP) is 3.77. The van der Waals surface area contributed by atoms with Crippen LogP contribution in [0.25, 0.3) is 0 Å². The van der Waals surface area contributed by atoms with Crippen molar-refractivity contribution in [1.82, 2.24) is 25.1 Å². The molecule has 1 aliphatic rings. The minimum atomic E-state index is -0.226. The quantitative estimate of drug-likeness (QED) is 0.690. The fourth-order valence-electron chi connectivity index (χ4n) is 3.46. The third-order valence-electron chi connectivity index (χ3n) is 4.71. The maximum absolute atomic E-state index is 13.2. The van der Waals surface area contributed by atoms with Gasteiger partial charge in [0.25, 0.3) is 0 Å². The van der Waals surface area contributed by atoms with Crippen molar-refractivity contribution in [3.63, 3.8) is 0 Å². The molecule has 2 N–H and O–H groups in total. The van der Waals surface area contributed by atoms with Crippen LogP contribution in [0.5, 0.6) is 0 Å². The molecular formula is C19H22FN7. The molecule has 3 aromatic rings. The van der Waals surface area contributed by atoms with Gasteiger partial charge in [0.1, 0.15) is 12.1 Å². The highest BCUT2D eigenvalue weighted by Gasteiger charge is 2.28. The largest absolute Gasteiger partial charge is 0.334 e. The van der Waals surface area contributed by atoms with Gasteiger partial charge < -0.3 is 10.2 Å². The van der Waals surface area contributed by atoms with Crippen molar-refractivity contribution < 1.29 is 4.39 Å². The van der Waals surface area contributed by atoms with Gasteiger partial charge in [-0.25, -0.2) is 14.4 Å². The molecule has 1 fully saturated rings. The van der Waals surface area contributed by atoms with Crippen LogP contribution in [0.1, 0.15) is 43.5 Å². The Labute approximate surface area is 157 Å². The van der Waals surface area contributed by atoms with E-state index in [0.717, 1.165) is 43.5 Å². The van der Waals surface area contributed by atoms with Crippen molar-refractivity contribution >= 4 is 17.7 Å². The normalized spacial score (nSPS) is 16.7. The van der Waals surface area contributed by atoms with E-state index in [-0.39, 0.29) is 11.9 Å². The summed E-state index contributed by atoms with van der Waals surface area (Å²) in [5.74, 6) is 1.53. The molecule has 4 rings (SSSR count). The minimum Gasteiger partial charge on any atom is -0.334 e. The van der Waals surface area contributed by atoms with Crippen LogP contribution in [0.3, 0.4) is 0 Å². The Hall–Kier alpha value is -3.03. The van der Waals surface area contributed by atoms with Gasteiger partial charge in [0, 0.05) is 18.3 Å². The summed E-state index contributed by atoms with van der Waals surface area (Å²) in [5, 5.41) is 10.4. The molecule has 140 valence electrons. The van der Waals surface area contributed by atoms with Gasteiger partial charge in [0.05, 0.1) is 6.04 Å². The Morgan fingerprint density at radius 2 is 2.11 bits per heavy atom. The first-order valence-corrected chi connectivity index (χ1v) is 9.25. The van der Waals surface area contributed by atoms with Crippen molar-refractivity contribution in [2.24, 2.45) is 0 Å². The Morgan fingerprint density at radius 1 is 1.26 bits per heavy atom. The number of halogens is 1. The average molecular weight is 367 g/mol. The molecule has 0 amide bonds. The molecule has 7 nitrogen and oxygen atoms in total. The molecule has 8 heteroatoms. The van der Waals surface area contributed by atoms with Crippen molar-refractivity contribution in [3.8, 4) is 0 Å². The van der Waals surface area contributed by atoms with Gasteiger partial charge >= 0.3 is 0 Å². The Bertz CT molecular complexity index is 893. The highest BCUT2D eigenvalue weighted by Crippen LogP contribution is 2.34. The van der Waals surface area contributed by atoms with E-state index in [1.165, 1.54) is 18.5 Å². The van der Waals surface area contributed by atoms with Gasteiger partial charge in [0.2, 0.25) is 11.9 Å². The summed E-state index contributed by atoms with van der Waals surface area (Å²) < 4.78 is 13.2. The monoisotopic (exact) mass is 367 g/mol. The van der Waals surface area contributed by atoms with Crippen LogP contribution in [0.15, 0.2) is 36.7 Å². The van der Waals surface area contributed by atoms with Crippen molar-refractivity contribution in [2.75, 3.05) is 16.8 Å². The first kappa shape index (κ1) is 17.4. The number of hydrogen-bond donors (Lipinski definition) is 2. The van der Waals surface area contributed by atoms with Crippen LogP contribution in [0.4, 0.5) is 22.1 Å². The van der Waals surface area contributed by atoms with E-state index >= 15 is 0 Å². The predicted molar refractivity (Wildman–Crippen MR) is 101 cm³/mol. The molecule has 0 bridgehead atoms. The van der Waals surface area contributed by atoms with Crippen molar-refractivity contribution in [1.29, 1.82) is 0 Å². The first-order valence-electron chi connectivity index (χ1n) is 9.25. The summed E-state index contributed by atoms with van der Waals surface area (Å²) in [6.45, 7) is 2.98. The lowest BCUT2D eigenvalue weighted by atomic mass is 10.0. The number of aromatic nitrogens is 5. The topological polar surface area (TPSA) is 82.6 Å². The number of nitrogens with zero attached hydrogens (tertiary/aromatic N) is 5. The Balaban J connectivity index is 1.53. The third kappa shape index (κ3) is 3.89. The second-order valence-corrected chi connectivity index (χ2v) is 6.67. The number of hydrogen-bond acceptors (Lipinski definition) is 6. The van der Waals surface area contributed by atoms with E-state index in [9.17, 15) is 4.39 Å². The second-order valence-electron chi connectivity index (χ2n) is 6.67. The van der Waals surface area contributed by atoms with Gasteiger partial charge in [-0.2, -0.15) is 10.1 Å². The summed E-state index contributed by atoms with van der Waals surface area (Å²) in [4.78, 5) is 15.3. The fourth-order valence-corrected chi connectivity index (χ4v) is 3.46. The van der Waals surface area contributed by atoms with Crippen LogP contribution in [0.2, 0.25) is 0 Å². The molecule has 1 unspecified atom stereocenters. The van der Waals surface area contributed by atoms with E-state index in [2.05, 4.69) is 42.3 Å². The van der Waals surface area contributed by atoms with Crippen molar-refractivity contribution in [3.05, 3.63) is 53.7 Å². The zero-order valence-corrected chi connectivity index (χ0v) is 15.2. The lowest BCUT2D eigenvalue weighted by molar-refractivity contribution is 0.624. The van der Waals surface area contributed by atoms with Crippen LogP contribution in [-0.2, 0) is 6.42 Å². The van der Waals surface area contributed by atoms with E-state index in [1.807, 2.05) is 18.2 Å². The molecule has 1 aromatic carbocycles. The van der Waals surface area contributed by atoms with E-state index in [0.29, 0.717) is 17.7 Å². The van der Waals surface area contributed by atoms with Gasteiger partial charge in [0.15, 0.2) is 5.82 Å². The average Bonchev–Trinajstić information content (AvgIpc) is 3.33. The van der Waals surface area contributed by atoms with Gasteiger partial charge in [-0.1, -0.05) is 25.5 Å². The summed E-state index contributed by atoms with van der Waals surface area (Å²) in [5.41, 5.74) is 2.14. The van der Waals surface area contributed by atoms with Crippen LogP contribution < -0.4 is 10.2 Å². The van der Waals surface area contributed by atoms with Crippen LogP contribution in [-0.4, -0.2) is 31.7 Å². The number of anilines is 3. The molecule has 0 radical (unpaired) electrons. The molecule has 1 aliphatic heterocycles. The highest BCUT2D eigenvalue weighted by molar-refractivity contribution is 5.50. The lowest BCUT2D eigenvalue weighted by Crippen LogP contribution is -2.25. The van der Waals surface area contributed by atoms with Crippen molar-refractivity contribution in [2.45, 2.75) is 38.6 Å². The van der Waals surface area contributed by atoms with E-state index in [1.54, 1.807) is 0 Å². The number of nitrogens with one attached hydrogen (secondary N) is 2. The zero-order chi connectivity index (χ0) is 18.6. The molecular weight excluding hydrogens is 345 g/mol. The minimum absolute atomic E-state index is 0.141. The number of H-pyrrole nitrogens is 1. The third-order valence-corrected chi connectivity index (χ3v) is 4.71. The maximum atomic E-state index is 13.2. The summed E-state index contributed by atoms with van der Waals surface area (Å²) in [6.07, 6.45) is 5.53. The molecule has 27 heavy (non-hydrogen) atoms. The maximum Gasteiger partial charge on any atom is 0.233 e. The Morgan fingerprint density at radius 3 is 2.93 bits per heavy atom. The summed E-state index contributed by atoms with van der Waals surface area (Å²) in [7, 11) is 0. The lowest BCUT2D eigenvalue weighted by Gasteiger charge is -2.25. The summed E-state index contributed by atoms with van der Waals surface area (Å²) in [6, 6.07) is 8.76. The number of aromatic amines is 1. The fraction of sp³-hybridized carbons (Fsp3) is 0.368. The van der Waals surface area contributed by atoms with Gasteiger partial charge in [-0.3, -0.25) is 5.10 Å².